The number of aromatic amines is 1. The molecule has 0 radical (unpaired) electrons. The molecule has 90 valence electrons. The molecule has 5 heteroatoms. The van der Waals surface area contributed by atoms with Gasteiger partial charge in [-0.2, -0.15) is 0 Å². The lowest BCUT2D eigenvalue weighted by atomic mass is 10.2. The summed E-state index contributed by atoms with van der Waals surface area (Å²) in [6, 6.07) is 2.36. The van der Waals surface area contributed by atoms with Crippen LogP contribution in [0.2, 0.25) is 0 Å². The number of rotatable bonds is 2. The summed E-state index contributed by atoms with van der Waals surface area (Å²) in [6.07, 6.45) is 7.33. The molecule has 2 atom stereocenters. The van der Waals surface area contributed by atoms with Crippen molar-refractivity contribution in [2.75, 3.05) is 7.11 Å². The number of imidazole rings is 1. The Morgan fingerprint density at radius 1 is 1.53 bits per heavy atom. The molecule has 0 aromatic carbocycles. The molecule has 2 aromatic heterocycles. The Morgan fingerprint density at radius 3 is 3.24 bits per heavy atom. The summed E-state index contributed by atoms with van der Waals surface area (Å²) < 4.78 is 8.51. The van der Waals surface area contributed by atoms with Crippen LogP contribution in [0, 0.1) is 4.77 Å². The second-order valence-electron chi connectivity index (χ2n) is 4.47. The molecule has 1 aliphatic rings. The zero-order valence-corrected chi connectivity index (χ0v) is 10.5. The van der Waals surface area contributed by atoms with E-state index in [4.69, 9.17) is 17.0 Å². The number of fused-ring (bicyclic) bond motifs is 1. The number of aromatic nitrogens is 3. The fourth-order valence-electron chi connectivity index (χ4n) is 2.78. The van der Waals surface area contributed by atoms with E-state index in [9.17, 15) is 0 Å². The number of hydrogen-bond donors (Lipinski definition) is 1. The minimum Gasteiger partial charge on any atom is -0.379 e. The maximum atomic E-state index is 5.55. The minimum absolute atomic E-state index is 0.272. The molecule has 4 nitrogen and oxygen atoms in total. The molecule has 2 heterocycles. The van der Waals surface area contributed by atoms with Gasteiger partial charge >= 0.3 is 0 Å². The Kier molecular flexibility index (Phi) is 2.72. The first-order valence-corrected chi connectivity index (χ1v) is 6.29. The number of ether oxygens (including phenoxy) is 1. The first kappa shape index (κ1) is 10.9. The van der Waals surface area contributed by atoms with Crippen molar-refractivity contribution in [3.05, 3.63) is 23.2 Å². The van der Waals surface area contributed by atoms with Gasteiger partial charge in [-0.15, -0.1) is 0 Å². The van der Waals surface area contributed by atoms with E-state index in [1.165, 1.54) is 6.42 Å². The zero-order valence-electron chi connectivity index (χ0n) is 9.72. The lowest BCUT2D eigenvalue weighted by Gasteiger charge is -2.20. The average Bonchev–Trinajstić information content (AvgIpc) is 2.90. The van der Waals surface area contributed by atoms with Crippen molar-refractivity contribution in [3.63, 3.8) is 0 Å². The maximum absolute atomic E-state index is 5.55. The van der Waals surface area contributed by atoms with Gasteiger partial charge in [0.1, 0.15) is 0 Å². The van der Waals surface area contributed by atoms with E-state index in [1.807, 2.05) is 12.3 Å². The molecule has 1 N–H and O–H groups in total. The van der Waals surface area contributed by atoms with Crippen molar-refractivity contribution in [3.8, 4) is 0 Å². The molecule has 17 heavy (non-hydrogen) atoms. The third kappa shape index (κ3) is 1.70. The minimum atomic E-state index is 0.272. The van der Waals surface area contributed by atoms with E-state index in [1.54, 1.807) is 13.3 Å². The Bertz CT molecular complexity index is 589. The number of pyridine rings is 1. The first-order chi connectivity index (χ1) is 8.31. The molecular weight excluding hydrogens is 234 g/mol. The third-order valence-electron chi connectivity index (χ3n) is 3.57. The average molecular weight is 249 g/mol. The standard InChI is InChI=1S/C12H15N3OS/c1-16-11-4-2-3-10(11)15-9-5-6-13-7-8(9)14-12(15)17/h5-7,10-11H,2-4H2,1H3,(H,14,17). The molecule has 2 aromatic rings. The third-order valence-corrected chi connectivity index (χ3v) is 3.87. The Balaban J connectivity index is 2.16. The molecule has 0 amide bonds. The van der Waals surface area contributed by atoms with Crippen LogP contribution in [0.15, 0.2) is 18.5 Å². The lowest BCUT2D eigenvalue weighted by molar-refractivity contribution is 0.0758. The Morgan fingerprint density at radius 2 is 2.41 bits per heavy atom. The van der Waals surface area contributed by atoms with Gasteiger partial charge < -0.3 is 14.3 Å². The van der Waals surface area contributed by atoms with Crippen LogP contribution in [0.4, 0.5) is 0 Å². The summed E-state index contributed by atoms with van der Waals surface area (Å²) in [5, 5.41) is 0. The lowest BCUT2D eigenvalue weighted by Crippen LogP contribution is -2.20. The van der Waals surface area contributed by atoms with Crippen LogP contribution in [0.25, 0.3) is 11.0 Å². The summed E-state index contributed by atoms with van der Waals surface area (Å²) in [6.45, 7) is 0. The summed E-state index contributed by atoms with van der Waals surface area (Å²) in [5.41, 5.74) is 2.12. The van der Waals surface area contributed by atoms with E-state index in [0.717, 1.165) is 28.6 Å². The zero-order chi connectivity index (χ0) is 11.8. The SMILES string of the molecule is COC1CCCC1n1c(=S)[nH]c2cnccc21. The number of nitrogens with zero attached hydrogens (tertiary/aromatic N) is 2. The second kappa shape index (κ2) is 4.23. The predicted octanol–water partition coefficient (Wildman–Crippen LogP) is 2.83. The molecule has 0 aliphatic heterocycles. The van der Waals surface area contributed by atoms with Gasteiger partial charge in [0, 0.05) is 13.3 Å². The molecule has 3 rings (SSSR count). The van der Waals surface area contributed by atoms with Crippen molar-refractivity contribution in [2.24, 2.45) is 0 Å². The summed E-state index contributed by atoms with van der Waals surface area (Å²) in [4.78, 5) is 7.32. The highest BCUT2D eigenvalue weighted by atomic mass is 32.1. The highest BCUT2D eigenvalue weighted by Crippen LogP contribution is 2.34. The molecule has 2 unspecified atom stereocenters. The molecule has 0 spiro atoms. The van der Waals surface area contributed by atoms with Crippen LogP contribution in [-0.2, 0) is 4.74 Å². The summed E-state index contributed by atoms with van der Waals surface area (Å²) in [7, 11) is 1.78. The van der Waals surface area contributed by atoms with Gasteiger partial charge in [0.25, 0.3) is 0 Å². The molecule has 1 fully saturated rings. The second-order valence-corrected chi connectivity index (χ2v) is 4.85. The Hall–Kier alpha value is -1.20. The van der Waals surface area contributed by atoms with E-state index in [0.29, 0.717) is 6.04 Å². The van der Waals surface area contributed by atoms with E-state index >= 15 is 0 Å². The summed E-state index contributed by atoms with van der Waals surface area (Å²) >= 11 is 5.41. The normalized spacial score (nSPS) is 24.5. The van der Waals surface area contributed by atoms with Crippen LogP contribution in [0.5, 0.6) is 0 Å². The molecule has 0 bridgehead atoms. The number of H-pyrrole nitrogens is 1. The van der Waals surface area contributed by atoms with Crippen LogP contribution < -0.4 is 0 Å². The van der Waals surface area contributed by atoms with Crippen LogP contribution in [-0.4, -0.2) is 27.7 Å². The van der Waals surface area contributed by atoms with E-state index < -0.39 is 0 Å². The van der Waals surface area contributed by atoms with Crippen LogP contribution in [0.1, 0.15) is 25.3 Å². The predicted molar refractivity (Wildman–Crippen MR) is 68.6 cm³/mol. The molecular formula is C12H15N3OS. The van der Waals surface area contributed by atoms with E-state index in [2.05, 4.69) is 14.5 Å². The van der Waals surface area contributed by atoms with Crippen LogP contribution in [0.3, 0.4) is 0 Å². The van der Waals surface area contributed by atoms with Crippen molar-refractivity contribution in [1.82, 2.24) is 14.5 Å². The fraction of sp³-hybridized carbons (Fsp3) is 0.500. The number of nitrogens with one attached hydrogen (secondary N) is 1. The van der Waals surface area contributed by atoms with Crippen molar-refractivity contribution in [2.45, 2.75) is 31.4 Å². The highest BCUT2D eigenvalue weighted by Gasteiger charge is 2.30. The van der Waals surface area contributed by atoms with Gasteiger partial charge in [0.2, 0.25) is 0 Å². The van der Waals surface area contributed by atoms with Gasteiger partial charge in [-0.3, -0.25) is 4.98 Å². The van der Waals surface area contributed by atoms with Gasteiger partial charge in [-0.05, 0) is 37.5 Å². The van der Waals surface area contributed by atoms with Crippen molar-refractivity contribution in [1.29, 1.82) is 0 Å². The molecule has 1 aliphatic carbocycles. The van der Waals surface area contributed by atoms with Gasteiger partial charge in [-0.25, -0.2) is 0 Å². The highest BCUT2D eigenvalue weighted by molar-refractivity contribution is 7.71. The van der Waals surface area contributed by atoms with Crippen molar-refractivity contribution < 1.29 is 4.74 Å². The quantitative estimate of drug-likeness (QED) is 0.832. The van der Waals surface area contributed by atoms with Gasteiger partial charge in [0.15, 0.2) is 4.77 Å². The largest absolute Gasteiger partial charge is 0.379 e. The van der Waals surface area contributed by atoms with E-state index in [-0.39, 0.29) is 6.10 Å². The van der Waals surface area contributed by atoms with Crippen LogP contribution >= 0.6 is 12.2 Å². The van der Waals surface area contributed by atoms with Gasteiger partial charge in [-0.1, -0.05) is 0 Å². The number of methoxy groups -OCH3 is 1. The van der Waals surface area contributed by atoms with Crippen molar-refractivity contribution >= 4 is 23.3 Å². The molecule has 0 saturated heterocycles. The maximum Gasteiger partial charge on any atom is 0.178 e. The van der Waals surface area contributed by atoms with Gasteiger partial charge in [0.05, 0.1) is 29.4 Å². The first-order valence-electron chi connectivity index (χ1n) is 5.88. The number of hydrogen-bond acceptors (Lipinski definition) is 3. The summed E-state index contributed by atoms with van der Waals surface area (Å²) in [5.74, 6) is 0. The Labute approximate surface area is 105 Å². The smallest absolute Gasteiger partial charge is 0.178 e. The fourth-order valence-corrected chi connectivity index (χ4v) is 3.13. The molecule has 1 saturated carbocycles. The topological polar surface area (TPSA) is 42.8 Å². The monoisotopic (exact) mass is 249 g/mol.